The summed E-state index contributed by atoms with van der Waals surface area (Å²) in [6.07, 6.45) is 1.31. The number of hydrogen-bond acceptors (Lipinski definition) is 5. The van der Waals surface area contributed by atoms with Gasteiger partial charge in [0.05, 0.1) is 24.5 Å². The first-order chi connectivity index (χ1) is 10.1. The van der Waals surface area contributed by atoms with E-state index >= 15 is 0 Å². The summed E-state index contributed by atoms with van der Waals surface area (Å²) >= 11 is 0. The van der Waals surface area contributed by atoms with Gasteiger partial charge in [0.25, 0.3) is 0 Å². The summed E-state index contributed by atoms with van der Waals surface area (Å²) in [4.78, 5) is 24.0. The molecule has 0 aromatic heterocycles. The maximum atomic E-state index is 12.1. The molecule has 7 unspecified atom stereocenters. The van der Waals surface area contributed by atoms with Crippen LogP contribution in [0.15, 0.2) is 0 Å². The van der Waals surface area contributed by atoms with Crippen molar-refractivity contribution in [1.29, 1.82) is 0 Å². The molecule has 0 N–H and O–H groups in total. The molecule has 0 radical (unpaired) electrons. The highest BCUT2D eigenvalue weighted by Gasteiger charge is 2.65. The molecular formula is C16H24O5. The van der Waals surface area contributed by atoms with E-state index in [4.69, 9.17) is 14.2 Å². The Labute approximate surface area is 125 Å². The average molecular weight is 296 g/mol. The summed E-state index contributed by atoms with van der Waals surface area (Å²) in [6, 6.07) is 0. The third-order valence-electron chi connectivity index (χ3n) is 5.50. The maximum Gasteiger partial charge on any atom is 0.309 e. The summed E-state index contributed by atoms with van der Waals surface area (Å²) in [6.45, 7) is 6.84. The Morgan fingerprint density at radius 1 is 1.29 bits per heavy atom. The van der Waals surface area contributed by atoms with Crippen LogP contribution in [0.3, 0.4) is 0 Å². The number of fused-ring (bicyclic) bond motifs is 5. The molecule has 118 valence electrons. The van der Waals surface area contributed by atoms with E-state index in [-0.39, 0.29) is 53.7 Å². The molecule has 2 bridgehead atoms. The molecule has 3 aliphatic rings. The molecule has 0 spiro atoms. The van der Waals surface area contributed by atoms with Crippen LogP contribution in [0.1, 0.15) is 33.6 Å². The van der Waals surface area contributed by atoms with Crippen molar-refractivity contribution in [3.63, 3.8) is 0 Å². The van der Waals surface area contributed by atoms with Crippen LogP contribution < -0.4 is 0 Å². The summed E-state index contributed by atoms with van der Waals surface area (Å²) in [5, 5.41) is 0. The van der Waals surface area contributed by atoms with Gasteiger partial charge in [-0.05, 0) is 19.8 Å². The Balaban J connectivity index is 1.77. The van der Waals surface area contributed by atoms with E-state index in [0.29, 0.717) is 13.2 Å². The first-order valence-electron chi connectivity index (χ1n) is 8.07. The van der Waals surface area contributed by atoms with Crippen molar-refractivity contribution in [2.75, 3.05) is 13.2 Å². The number of carbonyl (C=O) groups is 2. The van der Waals surface area contributed by atoms with Crippen LogP contribution in [0.5, 0.6) is 0 Å². The first-order valence-corrected chi connectivity index (χ1v) is 8.07. The lowest BCUT2D eigenvalue weighted by molar-refractivity contribution is -0.171. The van der Waals surface area contributed by atoms with E-state index in [1.165, 1.54) is 0 Å². The topological polar surface area (TPSA) is 61.8 Å². The number of esters is 2. The molecule has 2 aliphatic carbocycles. The zero-order valence-electron chi connectivity index (χ0n) is 12.9. The fraction of sp³-hybridized carbons (Fsp3) is 0.875. The van der Waals surface area contributed by atoms with Gasteiger partial charge < -0.3 is 14.2 Å². The molecule has 1 aliphatic heterocycles. The SMILES string of the molecule is CCOC1C2CC(C3COC(=O)C32)C1OC(=O)C(C)CC. The van der Waals surface area contributed by atoms with Crippen molar-refractivity contribution in [1.82, 2.24) is 0 Å². The van der Waals surface area contributed by atoms with Crippen molar-refractivity contribution in [3.05, 3.63) is 0 Å². The smallest absolute Gasteiger partial charge is 0.309 e. The Morgan fingerprint density at radius 2 is 2.05 bits per heavy atom. The van der Waals surface area contributed by atoms with Gasteiger partial charge in [0, 0.05) is 24.4 Å². The van der Waals surface area contributed by atoms with Gasteiger partial charge in [0.1, 0.15) is 6.10 Å². The largest absolute Gasteiger partial charge is 0.465 e. The highest BCUT2D eigenvalue weighted by atomic mass is 16.6. The van der Waals surface area contributed by atoms with Gasteiger partial charge in [-0.1, -0.05) is 13.8 Å². The van der Waals surface area contributed by atoms with E-state index in [1.54, 1.807) is 0 Å². The van der Waals surface area contributed by atoms with E-state index < -0.39 is 0 Å². The number of ether oxygens (including phenoxy) is 3. The lowest BCUT2D eigenvalue weighted by atomic mass is 9.78. The molecule has 3 rings (SSSR count). The van der Waals surface area contributed by atoms with E-state index in [2.05, 4.69) is 0 Å². The van der Waals surface area contributed by atoms with Gasteiger partial charge >= 0.3 is 11.9 Å². The van der Waals surface area contributed by atoms with Gasteiger partial charge in [-0.2, -0.15) is 0 Å². The minimum absolute atomic E-state index is 0.0508. The molecule has 2 saturated carbocycles. The van der Waals surface area contributed by atoms with E-state index in [0.717, 1.165) is 12.8 Å². The molecule has 0 aromatic rings. The molecule has 1 saturated heterocycles. The Hall–Kier alpha value is -1.10. The van der Waals surface area contributed by atoms with Gasteiger partial charge in [0.15, 0.2) is 0 Å². The molecule has 1 heterocycles. The highest BCUT2D eigenvalue weighted by molar-refractivity contribution is 5.76. The lowest BCUT2D eigenvalue weighted by Crippen LogP contribution is -2.46. The summed E-state index contributed by atoms with van der Waals surface area (Å²) in [5.41, 5.74) is 0. The van der Waals surface area contributed by atoms with Crippen LogP contribution in [0, 0.1) is 29.6 Å². The minimum atomic E-state index is -0.216. The molecule has 21 heavy (non-hydrogen) atoms. The molecular weight excluding hydrogens is 272 g/mol. The second kappa shape index (κ2) is 5.59. The van der Waals surface area contributed by atoms with Crippen LogP contribution in [-0.2, 0) is 23.8 Å². The van der Waals surface area contributed by atoms with E-state index in [9.17, 15) is 9.59 Å². The number of rotatable bonds is 5. The summed E-state index contributed by atoms with van der Waals surface area (Å²) < 4.78 is 16.8. The van der Waals surface area contributed by atoms with Gasteiger partial charge in [-0.3, -0.25) is 9.59 Å². The van der Waals surface area contributed by atoms with Crippen molar-refractivity contribution in [3.8, 4) is 0 Å². The number of carbonyl (C=O) groups excluding carboxylic acids is 2. The Morgan fingerprint density at radius 3 is 2.71 bits per heavy atom. The highest BCUT2D eigenvalue weighted by Crippen LogP contribution is 2.57. The molecule has 0 aromatic carbocycles. The fourth-order valence-electron chi connectivity index (χ4n) is 4.26. The summed E-state index contributed by atoms with van der Waals surface area (Å²) in [5.74, 6) is 0.161. The van der Waals surface area contributed by atoms with Crippen LogP contribution in [0.4, 0.5) is 0 Å². The van der Waals surface area contributed by atoms with Crippen LogP contribution in [0.25, 0.3) is 0 Å². The molecule has 5 heteroatoms. The second-order valence-electron chi connectivity index (χ2n) is 6.51. The van der Waals surface area contributed by atoms with Crippen molar-refractivity contribution in [2.45, 2.75) is 45.8 Å². The fourth-order valence-corrected chi connectivity index (χ4v) is 4.26. The standard InChI is InChI=1S/C16H24O5/c1-4-8(3)15(17)21-14-9-6-10(13(14)19-5-2)12-11(9)7-20-16(12)18/h8-14H,4-7H2,1-3H3. The van der Waals surface area contributed by atoms with Crippen molar-refractivity contribution < 1.29 is 23.8 Å². The van der Waals surface area contributed by atoms with Gasteiger partial charge in [0.2, 0.25) is 0 Å². The Kier molecular flexibility index (Phi) is 3.95. The lowest BCUT2D eigenvalue weighted by Gasteiger charge is -2.35. The van der Waals surface area contributed by atoms with Gasteiger partial charge in [-0.15, -0.1) is 0 Å². The molecule has 3 fully saturated rings. The monoisotopic (exact) mass is 296 g/mol. The van der Waals surface area contributed by atoms with Gasteiger partial charge in [-0.25, -0.2) is 0 Å². The molecule has 5 nitrogen and oxygen atoms in total. The maximum absolute atomic E-state index is 12.1. The van der Waals surface area contributed by atoms with Crippen LogP contribution in [0.2, 0.25) is 0 Å². The summed E-state index contributed by atoms with van der Waals surface area (Å²) in [7, 11) is 0. The zero-order chi connectivity index (χ0) is 15.1. The predicted molar refractivity (Wildman–Crippen MR) is 74.3 cm³/mol. The number of hydrogen-bond donors (Lipinski definition) is 0. The van der Waals surface area contributed by atoms with Crippen LogP contribution >= 0.6 is 0 Å². The Bertz CT molecular complexity index is 434. The second-order valence-corrected chi connectivity index (χ2v) is 6.51. The minimum Gasteiger partial charge on any atom is -0.465 e. The first kappa shape index (κ1) is 14.8. The molecule has 7 atom stereocenters. The molecule has 0 amide bonds. The normalized spacial score (nSPS) is 41.8. The third kappa shape index (κ3) is 2.26. The van der Waals surface area contributed by atoms with Crippen molar-refractivity contribution in [2.24, 2.45) is 29.6 Å². The average Bonchev–Trinajstić information content (AvgIpc) is 3.12. The third-order valence-corrected chi connectivity index (χ3v) is 5.50. The van der Waals surface area contributed by atoms with Crippen LogP contribution in [-0.4, -0.2) is 37.4 Å². The van der Waals surface area contributed by atoms with Crippen molar-refractivity contribution >= 4 is 11.9 Å². The number of cyclic esters (lactones) is 1. The zero-order valence-corrected chi connectivity index (χ0v) is 12.9. The van der Waals surface area contributed by atoms with E-state index in [1.807, 2.05) is 20.8 Å². The quantitative estimate of drug-likeness (QED) is 0.724. The predicted octanol–water partition coefficient (Wildman–Crippen LogP) is 1.79.